The van der Waals surface area contributed by atoms with Gasteiger partial charge in [0.05, 0.1) is 20.9 Å². The summed E-state index contributed by atoms with van der Waals surface area (Å²) in [6, 6.07) is 5.97. The van der Waals surface area contributed by atoms with Gasteiger partial charge in [-0.05, 0) is 32.9 Å². The minimum atomic E-state index is 0.691. The van der Waals surface area contributed by atoms with Crippen molar-refractivity contribution in [1.29, 1.82) is 0 Å². The quantitative estimate of drug-likeness (QED) is 0.692. The molecule has 0 fully saturated rings. The van der Waals surface area contributed by atoms with Gasteiger partial charge >= 0.3 is 0 Å². The van der Waals surface area contributed by atoms with E-state index in [1.165, 1.54) is 9.58 Å². The summed E-state index contributed by atoms with van der Waals surface area (Å²) in [7, 11) is 0. The first kappa shape index (κ1) is 11.6. The zero-order chi connectivity index (χ0) is 12.7. The van der Waals surface area contributed by atoms with Crippen LogP contribution in [-0.2, 0) is 0 Å². The molecule has 0 atom stereocenters. The highest BCUT2D eigenvalue weighted by Gasteiger charge is 2.07. The molecular weight excluding hydrogens is 264 g/mol. The fourth-order valence-electron chi connectivity index (χ4n) is 1.67. The van der Waals surface area contributed by atoms with E-state index in [1.807, 2.05) is 39.0 Å². The summed E-state index contributed by atoms with van der Waals surface area (Å²) in [5, 5.41) is 1.76. The molecule has 1 aromatic carbocycles. The number of fused-ring (bicyclic) bond motifs is 1. The average molecular weight is 276 g/mol. The van der Waals surface area contributed by atoms with E-state index in [9.17, 15) is 0 Å². The van der Waals surface area contributed by atoms with Gasteiger partial charge in [-0.1, -0.05) is 11.3 Å². The van der Waals surface area contributed by atoms with E-state index in [0.29, 0.717) is 5.19 Å². The molecule has 5 heteroatoms. The van der Waals surface area contributed by atoms with Gasteiger partial charge in [0.2, 0.25) is 0 Å². The second-order valence-electron chi connectivity index (χ2n) is 4.09. The normalized spacial score (nSPS) is 11.1. The van der Waals surface area contributed by atoms with Gasteiger partial charge in [-0.2, -0.15) is 0 Å². The molecule has 2 aromatic heterocycles. The lowest BCUT2D eigenvalue weighted by Crippen LogP contribution is -1.83. The van der Waals surface area contributed by atoms with Crippen molar-refractivity contribution in [3.05, 3.63) is 33.8 Å². The summed E-state index contributed by atoms with van der Waals surface area (Å²) in [6.07, 6.45) is 0. The predicted molar refractivity (Wildman–Crippen MR) is 76.0 cm³/mol. The average Bonchev–Trinajstić information content (AvgIpc) is 2.81. The second kappa shape index (κ2) is 4.33. The van der Waals surface area contributed by atoms with Crippen molar-refractivity contribution < 1.29 is 4.74 Å². The van der Waals surface area contributed by atoms with Gasteiger partial charge in [-0.15, -0.1) is 11.3 Å². The van der Waals surface area contributed by atoms with Crippen LogP contribution in [0.1, 0.15) is 15.6 Å². The number of thiazole rings is 2. The van der Waals surface area contributed by atoms with Crippen LogP contribution >= 0.6 is 22.7 Å². The lowest BCUT2D eigenvalue weighted by atomic mass is 10.3. The Hall–Kier alpha value is -1.46. The van der Waals surface area contributed by atoms with Crippen LogP contribution in [0, 0.1) is 20.8 Å². The van der Waals surface area contributed by atoms with Crippen molar-refractivity contribution >= 4 is 32.9 Å². The molecule has 3 aromatic rings. The van der Waals surface area contributed by atoms with Gasteiger partial charge < -0.3 is 4.74 Å². The molecule has 0 saturated heterocycles. The van der Waals surface area contributed by atoms with E-state index in [4.69, 9.17) is 4.74 Å². The molecule has 2 heterocycles. The third-order valence-corrected chi connectivity index (χ3v) is 4.58. The number of rotatable bonds is 2. The SMILES string of the molecule is Cc1nc2cc(Oc3nc(C)c(C)s3)ccc2s1. The van der Waals surface area contributed by atoms with Crippen molar-refractivity contribution in [3.8, 4) is 10.9 Å². The maximum atomic E-state index is 5.77. The number of nitrogens with zero attached hydrogens (tertiary/aromatic N) is 2. The summed E-state index contributed by atoms with van der Waals surface area (Å²) >= 11 is 3.26. The van der Waals surface area contributed by atoms with Crippen LogP contribution in [0.4, 0.5) is 0 Å². The van der Waals surface area contributed by atoms with Crippen molar-refractivity contribution in [2.75, 3.05) is 0 Å². The largest absolute Gasteiger partial charge is 0.431 e. The second-order valence-corrected chi connectivity index (χ2v) is 6.49. The van der Waals surface area contributed by atoms with Crippen LogP contribution in [0.3, 0.4) is 0 Å². The minimum absolute atomic E-state index is 0.691. The molecule has 92 valence electrons. The lowest BCUT2D eigenvalue weighted by molar-refractivity contribution is 0.478. The third-order valence-electron chi connectivity index (χ3n) is 2.68. The maximum absolute atomic E-state index is 5.77. The molecule has 3 nitrogen and oxygen atoms in total. The number of hydrogen-bond acceptors (Lipinski definition) is 5. The molecule has 0 unspecified atom stereocenters. The molecule has 0 amide bonds. The van der Waals surface area contributed by atoms with Gasteiger partial charge in [-0.25, -0.2) is 9.97 Å². The summed E-state index contributed by atoms with van der Waals surface area (Å²) in [4.78, 5) is 10.0. The van der Waals surface area contributed by atoms with Gasteiger partial charge in [0.25, 0.3) is 5.19 Å². The topological polar surface area (TPSA) is 35.0 Å². The Morgan fingerprint density at radius 1 is 1.06 bits per heavy atom. The summed E-state index contributed by atoms with van der Waals surface area (Å²) < 4.78 is 6.96. The van der Waals surface area contributed by atoms with Crippen LogP contribution in [0.5, 0.6) is 10.9 Å². The van der Waals surface area contributed by atoms with E-state index in [0.717, 1.165) is 22.0 Å². The van der Waals surface area contributed by atoms with E-state index in [2.05, 4.69) is 9.97 Å². The summed E-state index contributed by atoms with van der Waals surface area (Å²) in [5.41, 5.74) is 2.01. The first-order valence-electron chi connectivity index (χ1n) is 5.61. The van der Waals surface area contributed by atoms with E-state index in [1.54, 1.807) is 22.7 Å². The summed E-state index contributed by atoms with van der Waals surface area (Å²) in [6.45, 7) is 6.05. The molecule has 0 radical (unpaired) electrons. The zero-order valence-corrected chi connectivity index (χ0v) is 12.0. The number of aryl methyl sites for hydroxylation is 3. The van der Waals surface area contributed by atoms with E-state index >= 15 is 0 Å². The standard InChI is InChI=1S/C13H12N2OS2/c1-7-8(2)17-13(14-7)16-10-4-5-12-11(6-10)15-9(3)18-12/h4-6H,1-3H3. The molecule has 0 bridgehead atoms. The number of hydrogen-bond donors (Lipinski definition) is 0. The highest BCUT2D eigenvalue weighted by molar-refractivity contribution is 7.18. The van der Waals surface area contributed by atoms with Gasteiger partial charge in [0.1, 0.15) is 5.75 Å². The molecule has 0 N–H and O–H groups in total. The first-order chi connectivity index (χ1) is 8.61. The Morgan fingerprint density at radius 3 is 2.61 bits per heavy atom. The molecule has 18 heavy (non-hydrogen) atoms. The lowest BCUT2D eigenvalue weighted by Gasteiger charge is -2.00. The van der Waals surface area contributed by atoms with Crippen molar-refractivity contribution in [2.45, 2.75) is 20.8 Å². The third kappa shape index (κ3) is 2.11. The monoisotopic (exact) mass is 276 g/mol. The van der Waals surface area contributed by atoms with Gasteiger partial charge in [0.15, 0.2) is 0 Å². The van der Waals surface area contributed by atoms with Crippen LogP contribution in [0.2, 0.25) is 0 Å². The van der Waals surface area contributed by atoms with E-state index in [-0.39, 0.29) is 0 Å². The molecule has 0 aliphatic carbocycles. The highest BCUT2D eigenvalue weighted by atomic mass is 32.1. The van der Waals surface area contributed by atoms with Gasteiger partial charge in [-0.3, -0.25) is 0 Å². The number of aromatic nitrogens is 2. The van der Waals surface area contributed by atoms with Crippen LogP contribution in [0.15, 0.2) is 18.2 Å². The van der Waals surface area contributed by atoms with Crippen molar-refractivity contribution in [3.63, 3.8) is 0 Å². The molecule has 0 saturated carbocycles. The van der Waals surface area contributed by atoms with Crippen LogP contribution in [-0.4, -0.2) is 9.97 Å². The fourth-order valence-corrected chi connectivity index (χ4v) is 3.26. The smallest absolute Gasteiger partial charge is 0.279 e. The number of ether oxygens (including phenoxy) is 1. The summed E-state index contributed by atoms with van der Waals surface area (Å²) in [5.74, 6) is 0.793. The Balaban J connectivity index is 1.94. The predicted octanol–water partition coefficient (Wildman–Crippen LogP) is 4.47. The molecule has 0 aliphatic heterocycles. The highest BCUT2D eigenvalue weighted by Crippen LogP contribution is 2.31. The van der Waals surface area contributed by atoms with Crippen LogP contribution < -0.4 is 4.74 Å². The molecule has 0 aliphatic rings. The zero-order valence-electron chi connectivity index (χ0n) is 10.4. The first-order valence-corrected chi connectivity index (χ1v) is 7.24. The van der Waals surface area contributed by atoms with Crippen molar-refractivity contribution in [2.24, 2.45) is 0 Å². The minimum Gasteiger partial charge on any atom is -0.431 e. The van der Waals surface area contributed by atoms with E-state index < -0.39 is 0 Å². The fraction of sp³-hybridized carbons (Fsp3) is 0.231. The van der Waals surface area contributed by atoms with Crippen LogP contribution in [0.25, 0.3) is 10.2 Å². The molecule has 0 spiro atoms. The molecule has 3 rings (SSSR count). The Bertz CT molecular complexity index is 695. The Morgan fingerprint density at radius 2 is 1.89 bits per heavy atom. The Kier molecular flexibility index (Phi) is 2.80. The van der Waals surface area contributed by atoms with Crippen molar-refractivity contribution in [1.82, 2.24) is 9.97 Å². The Labute approximate surface area is 113 Å². The number of benzene rings is 1. The molecular formula is C13H12N2OS2. The maximum Gasteiger partial charge on any atom is 0.279 e. The van der Waals surface area contributed by atoms with Gasteiger partial charge in [0, 0.05) is 10.9 Å².